The summed E-state index contributed by atoms with van der Waals surface area (Å²) in [5.41, 5.74) is 5.33. The van der Waals surface area contributed by atoms with Gasteiger partial charge in [0, 0.05) is 6.42 Å². The lowest BCUT2D eigenvalue weighted by Gasteiger charge is -2.24. The lowest BCUT2D eigenvalue weighted by molar-refractivity contribution is -0.150. The summed E-state index contributed by atoms with van der Waals surface area (Å²) in [6, 6.07) is 3.53. The maximum Gasteiger partial charge on any atom is 0.305 e. The van der Waals surface area contributed by atoms with Crippen LogP contribution in [0.3, 0.4) is 0 Å². The molecule has 136 valence electrons. The molecule has 0 amide bonds. The van der Waals surface area contributed by atoms with Gasteiger partial charge >= 0.3 is 5.97 Å². The molecule has 2 aromatic heterocycles. The van der Waals surface area contributed by atoms with Gasteiger partial charge in [-0.25, -0.2) is 9.50 Å². The fourth-order valence-corrected chi connectivity index (χ4v) is 3.11. The van der Waals surface area contributed by atoms with Crippen molar-refractivity contribution >= 4 is 30.6 Å². The number of carbonyl (C=O) groups is 1. The Kier molecular flexibility index (Phi) is 4.58. The van der Waals surface area contributed by atoms with Gasteiger partial charge in [-0.15, -0.1) is 0 Å². The number of fused-ring (bicyclic) bond motifs is 1. The fraction of sp³-hybridized carbons (Fsp3) is 0.467. The van der Waals surface area contributed by atoms with Crippen LogP contribution in [0.15, 0.2) is 12.4 Å². The molecule has 1 aliphatic rings. The van der Waals surface area contributed by atoms with Crippen molar-refractivity contribution in [3.8, 4) is 6.07 Å². The maximum atomic E-state index is 11.4. The molecular weight excluding hydrogens is 341 g/mol. The number of aliphatic hydroxyl groups is 2. The highest BCUT2D eigenvalue weighted by molar-refractivity contribution is 6.37. The molecule has 11 heteroatoms. The molecule has 0 unspecified atom stereocenters. The molecular formula is C15H18BN5O5. The van der Waals surface area contributed by atoms with E-state index in [0.29, 0.717) is 11.0 Å². The summed E-state index contributed by atoms with van der Waals surface area (Å²) in [5, 5.41) is 34.8. The number of anilines is 1. The number of nitrogens with zero attached hydrogens (tertiary/aromatic N) is 4. The van der Waals surface area contributed by atoms with Crippen molar-refractivity contribution < 1.29 is 24.5 Å². The van der Waals surface area contributed by atoms with Gasteiger partial charge in [-0.3, -0.25) is 4.79 Å². The normalized spacial score (nSPS) is 28.2. The van der Waals surface area contributed by atoms with E-state index in [1.54, 1.807) is 20.8 Å². The van der Waals surface area contributed by atoms with E-state index >= 15 is 0 Å². The molecule has 1 aliphatic heterocycles. The molecule has 0 aromatic carbocycles. The number of aromatic nitrogens is 3. The lowest BCUT2D eigenvalue weighted by Crippen LogP contribution is -2.41. The summed E-state index contributed by atoms with van der Waals surface area (Å²) in [6.45, 7) is 1.34. The molecule has 2 aromatic rings. The Hall–Kier alpha value is -2.68. The Bertz CT molecular complexity index is 896. The smallest absolute Gasteiger partial charge is 0.305 e. The number of rotatable bonds is 4. The van der Waals surface area contributed by atoms with Crippen LogP contribution in [-0.2, 0) is 19.9 Å². The second-order valence-electron chi connectivity index (χ2n) is 6.09. The molecule has 0 bridgehead atoms. The quantitative estimate of drug-likeness (QED) is 0.392. The Morgan fingerprint density at radius 1 is 1.62 bits per heavy atom. The van der Waals surface area contributed by atoms with Gasteiger partial charge < -0.3 is 25.4 Å². The highest BCUT2D eigenvalue weighted by Crippen LogP contribution is 2.40. The molecule has 0 radical (unpaired) electrons. The average molecular weight is 359 g/mol. The van der Waals surface area contributed by atoms with Crippen LogP contribution < -0.4 is 11.2 Å². The Morgan fingerprint density at radius 3 is 3.00 bits per heavy atom. The minimum atomic E-state index is -1.90. The topological polar surface area (TPSA) is 156 Å². The zero-order valence-corrected chi connectivity index (χ0v) is 14.3. The van der Waals surface area contributed by atoms with Crippen molar-refractivity contribution in [3.63, 3.8) is 0 Å². The first-order chi connectivity index (χ1) is 12.4. The van der Waals surface area contributed by atoms with Crippen LogP contribution >= 0.6 is 0 Å². The summed E-state index contributed by atoms with van der Waals surface area (Å²) < 4.78 is 12.0. The zero-order chi connectivity index (χ0) is 19.1. The number of hydrogen-bond acceptors (Lipinski definition) is 9. The number of esters is 1. The Labute approximate surface area is 149 Å². The average Bonchev–Trinajstić information content (AvgIpc) is 3.10. The SMILES string of the molecule is Bc1cc([C@]2(C#N)O[C@H](COC(=O)CC)[C@@H](O)[C@H]2O)n2ncnc(N)c12. The van der Waals surface area contributed by atoms with Crippen LogP contribution in [-0.4, -0.2) is 63.5 Å². The molecule has 4 N–H and O–H groups in total. The van der Waals surface area contributed by atoms with E-state index in [2.05, 4.69) is 10.1 Å². The lowest BCUT2D eigenvalue weighted by atomic mass is 9.90. The van der Waals surface area contributed by atoms with Gasteiger partial charge in [-0.05, 0) is 6.07 Å². The molecule has 26 heavy (non-hydrogen) atoms. The highest BCUT2D eigenvalue weighted by atomic mass is 16.6. The third kappa shape index (κ3) is 2.59. The number of carbonyl (C=O) groups excluding carboxylic acids is 1. The van der Waals surface area contributed by atoms with Gasteiger partial charge in [0.25, 0.3) is 0 Å². The molecule has 3 rings (SSSR count). The number of aliphatic hydroxyl groups excluding tert-OH is 2. The summed E-state index contributed by atoms with van der Waals surface area (Å²) in [4.78, 5) is 15.3. The summed E-state index contributed by atoms with van der Waals surface area (Å²) in [5.74, 6) is -0.271. The number of ether oxygens (including phenoxy) is 2. The molecule has 1 fully saturated rings. The molecule has 3 heterocycles. The van der Waals surface area contributed by atoms with Gasteiger partial charge in [0.15, 0.2) is 5.82 Å². The number of hydrogen-bond donors (Lipinski definition) is 3. The van der Waals surface area contributed by atoms with Gasteiger partial charge in [0.05, 0.1) is 5.69 Å². The first-order valence-electron chi connectivity index (χ1n) is 8.05. The first-order valence-corrected chi connectivity index (χ1v) is 8.05. The standard InChI is InChI=1S/C15H18BN5O5/c1-2-10(22)25-4-8-12(23)13(24)15(5-17,26-8)9-3-7(16)11-14(18)19-6-20-21(9)11/h3,6,8,12-13,23-24H,2,4,16H2,1H3,(H2,18,19,20)/t8-,12-,13-,15+/m1/s1. The van der Waals surface area contributed by atoms with Crippen LogP contribution in [0.4, 0.5) is 5.82 Å². The largest absolute Gasteiger partial charge is 0.463 e. The van der Waals surface area contributed by atoms with Crippen molar-refractivity contribution in [2.75, 3.05) is 12.3 Å². The van der Waals surface area contributed by atoms with E-state index < -0.39 is 29.9 Å². The van der Waals surface area contributed by atoms with E-state index in [1.807, 2.05) is 6.07 Å². The Morgan fingerprint density at radius 2 is 2.35 bits per heavy atom. The first kappa shape index (κ1) is 18.1. The van der Waals surface area contributed by atoms with Gasteiger partial charge in [0.1, 0.15) is 50.7 Å². The molecule has 0 aliphatic carbocycles. The van der Waals surface area contributed by atoms with Gasteiger partial charge in [0.2, 0.25) is 5.60 Å². The van der Waals surface area contributed by atoms with Crippen LogP contribution in [0.2, 0.25) is 0 Å². The summed E-state index contributed by atoms with van der Waals surface area (Å²) >= 11 is 0. The van der Waals surface area contributed by atoms with Gasteiger partial charge in [-0.1, -0.05) is 12.4 Å². The fourth-order valence-electron chi connectivity index (χ4n) is 3.11. The minimum Gasteiger partial charge on any atom is -0.463 e. The van der Waals surface area contributed by atoms with Crippen LogP contribution in [0.5, 0.6) is 0 Å². The number of nitrogens with two attached hydrogens (primary N) is 1. The van der Waals surface area contributed by atoms with E-state index in [1.165, 1.54) is 10.8 Å². The van der Waals surface area contributed by atoms with Crippen molar-refractivity contribution in [3.05, 3.63) is 18.1 Å². The van der Waals surface area contributed by atoms with Crippen molar-refractivity contribution in [1.82, 2.24) is 14.6 Å². The van der Waals surface area contributed by atoms with E-state index in [9.17, 15) is 20.3 Å². The molecule has 0 spiro atoms. The van der Waals surface area contributed by atoms with Crippen LogP contribution in [0.1, 0.15) is 19.0 Å². The zero-order valence-electron chi connectivity index (χ0n) is 14.3. The Balaban J connectivity index is 2.04. The molecule has 1 saturated heterocycles. The second kappa shape index (κ2) is 6.56. The van der Waals surface area contributed by atoms with E-state index in [-0.39, 0.29) is 24.5 Å². The van der Waals surface area contributed by atoms with Crippen LogP contribution in [0.25, 0.3) is 5.52 Å². The predicted octanol–water partition coefficient (Wildman–Crippen LogP) is -2.64. The van der Waals surface area contributed by atoms with E-state index in [0.717, 1.165) is 0 Å². The van der Waals surface area contributed by atoms with Crippen molar-refractivity contribution in [2.24, 2.45) is 0 Å². The van der Waals surface area contributed by atoms with Crippen molar-refractivity contribution in [1.29, 1.82) is 5.26 Å². The summed E-state index contributed by atoms with van der Waals surface area (Å²) in [6.07, 6.45) is -2.69. The molecule has 10 nitrogen and oxygen atoms in total. The van der Waals surface area contributed by atoms with Gasteiger partial charge in [-0.2, -0.15) is 10.4 Å². The van der Waals surface area contributed by atoms with E-state index in [4.69, 9.17) is 15.2 Å². The minimum absolute atomic E-state index is 0.160. The highest BCUT2D eigenvalue weighted by Gasteiger charge is 2.58. The third-order valence-electron chi connectivity index (χ3n) is 4.48. The maximum absolute atomic E-state index is 11.4. The molecule has 0 saturated carbocycles. The van der Waals surface area contributed by atoms with Crippen LogP contribution in [0, 0.1) is 11.3 Å². The number of nitriles is 1. The summed E-state index contributed by atoms with van der Waals surface area (Å²) in [7, 11) is 1.75. The van der Waals surface area contributed by atoms with Crippen molar-refractivity contribution in [2.45, 2.75) is 37.3 Å². The molecule has 4 atom stereocenters. The monoisotopic (exact) mass is 359 g/mol. The number of nitrogen functional groups attached to an aromatic ring is 1. The second-order valence-corrected chi connectivity index (χ2v) is 6.09. The third-order valence-corrected chi connectivity index (χ3v) is 4.48. The predicted molar refractivity (Wildman–Crippen MR) is 91.0 cm³/mol.